The minimum Gasteiger partial charge on any atom is -0.395 e. The molecule has 0 heterocycles. The highest BCUT2D eigenvalue weighted by Crippen LogP contribution is 2.27. The molecule has 102 valence electrons. The summed E-state index contributed by atoms with van der Waals surface area (Å²) in [7, 11) is -3.50. The molecule has 0 unspecified atom stereocenters. The van der Waals surface area contributed by atoms with Crippen LogP contribution in [0.15, 0.2) is 29.2 Å². The Bertz CT molecular complexity index is 477. The van der Waals surface area contributed by atoms with E-state index < -0.39 is 10.0 Å². The van der Waals surface area contributed by atoms with Gasteiger partial charge < -0.3 is 5.11 Å². The maximum Gasteiger partial charge on any atom is 0.240 e. The first kappa shape index (κ1) is 15.1. The molecule has 1 aromatic rings. The zero-order valence-electron chi connectivity index (χ0n) is 11.1. The van der Waals surface area contributed by atoms with Crippen molar-refractivity contribution in [2.24, 2.45) is 0 Å². The van der Waals surface area contributed by atoms with Crippen LogP contribution < -0.4 is 4.72 Å². The molecule has 18 heavy (non-hydrogen) atoms. The van der Waals surface area contributed by atoms with Crippen LogP contribution >= 0.6 is 0 Å². The predicted octanol–water partition coefficient (Wildman–Crippen LogP) is 1.64. The van der Waals surface area contributed by atoms with E-state index in [0.717, 1.165) is 12.0 Å². The number of aliphatic hydroxyl groups is 1. The number of rotatable bonds is 6. The van der Waals surface area contributed by atoms with Crippen LogP contribution in [0.2, 0.25) is 0 Å². The van der Waals surface area contributed by atoms with Gasteiger partial charge in [0.15, 0.2) is 0 Å². The summed E-state index contributed by atoms with van der Waals surface area (Å²) in [5.74, 6) is 0. The lowest BCUT2D eigenvalue weighted by Crippen LogP contribution is -2.26. The van der Waals surface area contributed by atoms with E-state index in [1.807, 2.05) is 12.1 Å². The molecule has 0 radical (unpaired) electrons. The van der Waals surface area contributed by atoms with Gasteiger partial charge in [0.05, 0.1) is 11.5 Å². The quantitative estimate of drug-likeness (QED) is 0.826. The van der Waals surface area contributed by atoms with Crippen LogP contribution in [0.4, 0.5) is 0 Å². The van der Waals surface area contributed by atoms with E-state index in [4.69, 9.17) is 5.11 Å². The molecule has 0 fully saturated rings. The number of sulfonamides is 1. The van der Waals surface area contributed by atoms with E-state index in [1.165, 1.54) is 0 Å². The number of aliphatic hydroxyl groups excluding tert-OH is 1. The molecular formula is C13H21NO3S. The Labute approximate surface area is 109 Å². The molecule has 0 saturated heterocycles. The Morgan fingerprint density at radius 3 is 2.22 bits per heavy atom. The van der Waals surface area contributed by atoms with Gasteiger partial charge in [-0.1, -0.05) is 32.9 Å². The van der Waals surface area contributed by atoms with Crippen molar-refractivity contribution in [1.82, 2.24) is 4.72 Å². The third-order valence-electron chi connectivity index (χ3n) is 3.23. The molecule has 0 spiro atoms. The van der Waals surface area contributed by atoms with E-state index in [9.17, 15) is 8.42 Å². The first-order valence-corrected chi connectivity index (χ1v) is 7.53. The second-order valence-electron chi connectivity index (χ2n) is 4.88. The number of hydrogen-bond donors (Lipinski definition) is 2. The maximum atomic E-state index is 11.8. The van der Waals surface area contributed by atoms with Crippen LogP contribution in [0.3, 0.4) is 0 Å². The molecule has 1 aromatic carbocycles. The fourth-order valence-electron chi connectivity index (χ4n) is 1.55. The van der Waals surface area contributed by atoms with Crippen LogP contribution in [0, 0.1) is 0 Å². The van der Waals surface area contributed by atoms with E-state index in [0.29, 0.717) is 0 Å². The molecule has 2 N–H and O–H groups in total. The Hall–Kier alpha value is -0.910. The standard InChI is InChI=1S/C13H21NO3S/c1-4-13(2,3)11-5-7-12(8-6-11)18(16,17)14-9-10-15/h5-8,14-15H,4,9-10H2,1-3H3. The topological polar surface area (TPSA) is 66.4 Å². The molecule has 0 atom stereocenters. The highest BCUT2D eigenvalue weighted by molar-refractivity contribution is 7.89. The summed E-state index contributed by atoms with van der Waals surface area (Å²) in [4.78, 5) is 0.228. The van der Waals surface area contributed by atoms with Gasteiger partial charge in [0, 0.05) is 6.54 Å². The monoisotopic (exact) mass is 271 g/mol. The number of benzene rings is 1. The van der Waals surface area contributed by atoms with Crippen LogP contribution in [0.5, 0.6) is 0 Å². The van der Waals surface area contributed by atoms with Crippen molar-refractivity contribution in [2.45, 2.75) is 37.5 Å². The first-order valence-electron chi connectivity index (χ1n) is 6.04. The van der Waals surface area contributed by atoms with Crippen LogP contribution in [-0.2, 0) is 15.4 Å². The van der Waals surface area contributed by atoms with Gasteiger partial charge >= 0.3 is 0 Å². The van der Waals surface area contributed by atoms with E-state index in [2.05, 4.69) is 25.5 Å². The van der Waals surface area contributed by atoms with E-state index in [-0.39, 0.29) is 23.5 Å². The van der Waals surface area contributed by atoms with Gasteiger partial charge in [0.1, 0.15) is 0 Å². The molecule has 0 saturated carbocycles. The zero-order valence-corrected chi connectivity index (χ0v) is 11.9. The summed E-state index contributed by atoms with van der Waals surface area (Å²) in [6, 6.07) is 6.90. The largest absolute Gasteiger partial charge is 0.395 e. The van der Waals surface area contributed by atoms with E-state index in [1.54, 1.807) is 12.1 Å². The van der Waals surface area contributed by atoms with Crippen molar-refractivity contribution in [3.8, 4) is 0 Å². The lowest BCUT2D eigenvalue weighted by atomic mass is 9.82. The fraction of sp³-hybridized carbons (Fsp3) is 0.538. The van der Waals surface area contributed by atoms with Crippen LogP contribution in [-0.4, -0.2) is 26.7 Å². The SMILES string of the molecule is CCC(C)(C)c1ccc(S(=O)(=O)NCCO)cc1. The molecule has 0 amide bonds. The Morgan fingerprint density at radius 2 is 1.78 bits per heavy atom. The second kappa shape index (κ2) is 5.82. The molecule has 0 aliphatic heterocycles. The van der Waals surface area contributed by atoms with E-state index >= 15 is 0 Å². The van der Waals surface area contributed by atoms with Crippen molar-refractivity contribution < 1.29 is 13.5 Å². The van der Waals surface area contributed by atoms with Crippen molar-refractivity contribution >= 4 is 10.0 Å². The third kappa shape index (κ3) is 3.54. The summed E-state index contributed by atoms with van der Waals surface area (Å²) in [5, 5.41) is 8.63. The number of nitrogens with one attached hydrogen (secondary N) is 1. The zero-order chi connectivity index (χ0) is 13.8. The first-order chi connectivity index (χ1) is 8.33. The second-order valence-corrected chi connectivity index (χ2v) is 6.65. The van der Waals surface area contributed by atoms with Crippen molar-refractivity contribution in [3.63, 3.8) is 0 Å². The third-order valence-corrected chi connectivity index (χ3v) is 4.71. The Kier molecular flexibility index (Phi) is 4.90. The molecule has 0 bridgehead atoms. The smallest absolute Gasteiger partial charge is 0.240 e. The summed E-state index contributed by atoms with van der Waals surface area (Å²) >= 11 is 0. The summed E-state index contributed by atoms with van der Waals surface area (Å²) in [6.07, 6.45) is 0.988. The molecule has 1 rings (SSSR count). The highest BCUT2D eigenvalue weighted by Gasteiger charge is 2.19. The molecule has 0 aliphatic rings. The summed E-state index contributed by atoms with van der Waals surface area (Å²) in [5.41, 5.74) is 1.16. The fourth-order valence-corrected chi connectivity index (χ4v) is 2.57. The highest BCUT2D eigenvalue weighted by atomic mass is 32.2. The normalized spacial score (nSPS) is 12.7. The lowest BCUT2D eigenvalue weighted by molar-refractivity contribution is 0.301. The molecular weight excluding hydrogens is 250 g/mol. The summed E-state index contributed by atoms with van der Waals surface area (Å²) in [6.45, 7) is 6.18. The van der Waals surface area contributed by atoms with Crippen LogP contribution in [0.25, 0.3) is 0 Å². The van der Waals surface area contributed by atoms with Crippen molar-refractivity contribution in [3.05, 3.63) is 29.8 Å². The van der Waals surface area contributed by atoms with Gasteiger partial charge in [0.25, 0.3) is 0 Å². The number of hydrogen-bond acceptors (Lipinski definition) is 3. The van der Waals surface area contributed by atoms with Gasteiger partial charge in [0.2, 0.25) is 10.0 Å². The van der Waals surface area contributed by atoms with Gasteiger partial charge in [-0.05, 0) is 29.5 Å². The van der Waals surface area contributed by atoms with Gasteiger partial charge in [-0.3, -0.25) is 0 Å². The van der Waals surface area contributed by atoms with Crippen molar-refractivity contribution in [1.29, 1.82) is 0 Å². The van der Waals surface area contributed by atoms with Gasteiger partial charge in [-0.15, -0.1) is 0 Å². The average molecular weight is 271 g/mol. The molecule has 5 heteroatoms. The molecule has 0 aliphatic carbocycles. The molecule has 0 aromatic heterocycles. The minimum absolute atomic E-state index is 0.0323. The molecule has 4 nitrogen and oxygen atoms in total. The summed E-state index contributed by atoms with van der Waals surface area (Å²) < 4.78 is 25.9. The average Bonchev–Trinajstić information content (AvgIpc) is 2.36. The van der Waals surface area contributed by atoms with Crippen LogP contribution in [0.1, 0.15) is 32.8 Å². The Morgan fingerprint density at radius 1 is 1.22 bits per heavy atom. The van der Waals surface area contributed by atoms with Gasteiger partial charge in [-0.2, -0.15) is 0 Å². The Balaban J connectivity index is 2.96. The minimum atomic E-state index is -3.50. The van der Waals surface area contributed by atoms with Gasteiger partial charge in [-0.25, -0.2) is 13.1 Å². The lowest BCUT2D eigenvalue weighted by Gasteiger charge is -2.23. The maximum absolute atomic E-state index is 11.8. The van der Waals surface area contributed by atoms with Crippen molar-refractivity contribution in [2.75, 3.05) is 13.2 Å². The predicted molar refractivity (Wildman–Crippen MR) is 72.0 cm³/mol.